The van der Waals surface area contributed by atoms with Crippen LogP contribution >= 0.6 is 0 Å². The van der Waals surface area contributed by atoms with Crippen LogP contribution in [0.3, 0.4) is 0 Å². The fourth-order valence-electron chi connectivity index (χ4n) is 2.91. The summed E-state index contributed by atoms with van der Waals surface area (Å²) in [6.07, 6.45) is 4.74. The van der Waals surface area contributed by atoms with Crippen molar-refractivity contribution in [1.29, 1.82) is 0 Å². The lowest BCUT2D eigenvalue weighted by Gasteiger charge is -2.16. The predicted molar refractivity (Wildman–Crippen MR) is 97.9 cm³/mol. The lowest BCUT2D eigenvalue weighted by molar-refractivity contribution is 0.319. The van der Waals surface area contributed by atoms with E-state index in [0.29, 0.717) is 6.54 Å². The van der Waals surface area contributed by atoms with E-state index in [9.17, 15) is 4.39 Å². The predicted octanol–water partition coefficient (Wildman–Crippen LogP) is 3.14. The second kappa shape index (κ2) is 8.05. The van der Waals surface area contributed by atoms with Gasteiger partial charge in [-0.2, -0.15) is 5.10 Å². The van der Waals surface area contributed by atoms with E-state index in [1.165, 1.54) is 23.3 Å². The second-order valence-corrected chi connectivity index (χ2v) is 6.30. The van der Waals surface area contributed by atoms with Crippen LogP contribution in [-0.2, 0) is 19.5 Å². The molecule has 0 saturated heterocycles. The van der Waals surface area contributed by atoms with Gasteiger partial charge in [0, 0.05) is 24.8 Å². The average molecular weight is 338 g/mol. The lowest BCUT2D eigenvalue weighted by atomic mass is 10.1. The Kier molecular flexibility index (Phi) is 5.58. The van der Waals surface area contributed by atoms with Crippen LogP contribution in [0.4, 0.5) is 4.39 Å². The maximum Gasteiger partial charge on any atom is 0.123 e. The Balaban J connectivity index is 1.62. The molecule has 25 heavy (non-hydrogen) atoms. The SMILES string of the molecule is CN(Cc1cccc(CCN)c1)Cc1cnn(-c2ccc(F)cc2)c1. The van der Waals surface area contributed by atoms with Crippen LogP contribution in [0.25, 0.3) is 5.69 Å². The third-order valence-corrected chi connectivity index (χ3v) is 4.06. The molecule has 0 atom stereocenters. The molecule has 2 N–H and O–H groups in total. The molecule has 0 saturated carbocycles. The van der Waals surface area contributed by atoms with Gasteiger partial charge in [0.25, 0.3) is 0 Å². The summed E-state index contributed by atoms with van der Waals surface area (Å²) in [6.45, 7) is 2.32. The monoisotopic (exact) mass is 338 g/mol. The maximum atomic E-state index is 13.0. The van der Waals surface area contributed by atoms with Crippen LogP contribution < -0.4 is 5.73 Å². The first-order chi connectivity index (χ1) is 12.1. The number of aromatic nitrogens is 2. The molecule has 0 amide bonds. The third kappa shape index (κ3) is 4.75. The Morgan fingerprint density at radius 3 is 2.52 bits per heavy atom. The minimum atomic E-state index is -0.243. The molecule has 4 nitrogen and oxygen atoms in total. The Morgan fingerprint density at radius 1 is 1.04 bits per heavy atom. The van der Waals surface area contributed by atoms with E-state index in [-0.39, 0.29) is 5.82 Å². The highest BCUT2D eigenvalue weighted by Crippen LogP contribution is 2.13. The van der Waals surface area contributed by atoms with Crippen molar-refractivity contribution in [2.45, 2.75) is 19.5 Å². The van der Waals surface area contributed by atoms with E-state index in [0.717, 1.165) is 30.8 Å². The van der Waals surface area contributed by atoms with Gasteiger partial charge >= 0.3 is 0 Å². The highest BCUT2D eigenvalue weighted by molar-refractivity contribution is 5.31. The summed E-state index contributed by atoms with van der Waals surface area (Å²) < 4.78 is 14.8. The molecule has 2 aromatic carbocycles. The molecule has 0 aliphatic rings. The van der Waals surface area contributed by atoms with Gasteiger partial charge in [0.2, 0.25) is 0 Å². The number of nitrogens with two attached hydrogens (primary N) is 1. The largest absolute Gasteiger partial charge is 0.330 e. The van der Waals surface area contributed by atoms with Gasteiger partial charge in [-0.05, 0) is 55.4 Å². The van der Waals surface area contributed by atoms with Crippen LogP contribution in [0.1, 0.15) is 16.7 Å². The van der Waals surface area contributed by atoms with Gasteiger partial charge in [-0.3, -0.25) is 4.90 Å². The third-order valence-electron chi connectivity index (χ3n) is 4.06. The minimum Gasteiger partial charge on any atom is -0.330 e. The summed E-state index contributed by atoms with van der Waals surface area (Å²) in [6, 6.07) is 14.9. The molecule has 3 rings (SSSR count). The van der Waals surface area contributed by atoms with E-state index in [2.05, 4.69) is 41.3 Å². The van der Waals surface area contributed by atoms with Gasteiger partial charge < -0.3 is 5.73 Å². The van der Waals surface area contributed by atoms with E-state index < -0.39 is 0 Å². The van der Waals surface area contributed by atoms with Gasteiger partial charge in [-0.25, -0.2) is 9.07 Å². The lowest BCUT2D eigenvalue weighted by Crippen LogP contribution is -2.17. The highest BCUT2D eigenvalue weighted by Gasteiger charge is 2.06. The Hall–Kier alpha value is -2.50. The van der Waals surface area contributed by atoms with Crippen LogP contribution in [0, 0.1) is 5.82 Å². The zero-order valence-corrected chi connectivity index (χ0v) is 14.4. The van der Waals surface area contributed by atoms with Crippen molar-refractivity contribution in [2.75, 3.05) is 13.6 Å². The average Bonchev–Trinajstić information content (AvgIpc) is 3.04. The molecule has 0 aliphatic carbocycles. The molecule has 0 radical (unpaired) electrons. The van der Waals surface area contributed by atoms with Crippen LogP contribution in [0.5, 0.6) is 0 Å². The first-order valence-corrected chi connectivity index (χ1v) is 8.40. The van der Waals surface area contributed by atoms with E-state index in [4.69, 9.17) is 5.73 Å². The number of rotatable bonds is 7. The molecule has 3 aromatic rings. The van der Waals surface area contributed by atoms with Gasteiger partial charge in [-0.15, -0.1) is 0 Å². The fourth-order valence-corrected chi connectivity index (χ4v) is 2.91. The number of halogens is 1. The maximum absolute atomic E-state index is 13.0. The molecular formula is C20H23FN4. The minimum absolute atomic E-state index is 0.243. The molecule has 1 heterocycles. The van der Waals surface area contributed by atoms with Crippen molar-refractivity contribution in [3.05, 3.63) is 83.4 Å². The summed E-state index contributed by atoms with van der Waals surface area (Å²) in [5, 5.41) is 4.37. The van der Waals surface area contributed by atoms with Gasteiger partial charge in [0.05, 0.1) is 11.9 Å². The molecule has 130 valence electrons. The first-order valence-electron chi connectivity index (χ1n) is 8.40. The summed E-state index contributed by atoms with van der Waals surface area (Å²) in [5.74, 6) is -0.243. The van der Waals surface area contributed by atoms with Crippen LogP contribution in [-0.4, -0.2) is 28.3 Å². The zero-order chi connectivity index (χ0) is 17.6. The Morgan fingerprint density at radius 2 is 1.76 bits per heavy atom. The number of hydrogen-bond donors (Lipinski definition) is 1. The second-order valence-electron chi connectivity index (χ2n) is 6.30. The van der Waals surface area contributed by atoms with Crippen molar-refractivity contribution in [1.82, 2.24) is 14.7 Å². The standard InChI is InChI=1S/C20H23FN4/c1-24(13-17-4-2-3-16(11-17)9-10-22)14-18-12-23-25(15-18)20-7-5-19(21)6-8-20/h2-8,11-12,15H,9-10,13-14,22H2,1H3. The summed E-state index contributed by atoms with van der Waals surface area (Å²) in [5.41, 5.74) is 10.2. The molecule has 1 aromatic heterocycles. The molecule has 0 bridgehead atoms. The molecule has 0 spiro atoms. The molecule has 0 unspecified atom stereocenters. The number of nitrogens with zero attached hydrogens (tertiary/aromatic N) is 3. The Labute approximate surface area is 147 Å². The molecule has 0 aliphatic heterocycles. The topological polar surface area (TPSA) is 47.1 Å². The van der Waals surface area contributed by atoms with Crippen molar-refractivity contribution >= 4 is 0 Å². The molecular weight excluding hydrogens is 315 g/mol. The summed E-state index contributed by atoms with van der Waals surface area (Å²) >= 11 is 0. The summed E-state index contributed by atoms with van der Waals surface area (Å²) in [7, 11) is 2.09. The van der Waals surface area contributed by atoms with Crippen molar-refractivity contribution < 1.29 is 4.39 Å². The van der Waals surface area contributed by atoms with Crippen LogP contribution in [0.15, 0.2) is 60.9 Å². The summed E-state index contributed by atoms with van der Waals surface area (Å²) in [4.78, 5) is 2.24. The Bertz CT molecular complexity index is 811. The van der Waals surface area contributed by atoms with E-state index in [1.807, 2.05) is 12.4 Å². The number of benzene rings is 2. The zero-order valence-electron chi connectivity index (χ0n) is 14.4. The van der Waals surface area contributed by atoms with Crippen molar-refractivity contribution in [3.8, 4) is 5.69 Å². The normalized spacial score (nSPS) is 11.2. The van der Waals surface area contributed by atoms with Gasteiger partial charge in [0.15, 0.2) is 0 Å². The first kappa shape index (κ1) is 17.3. The molecule has 0 fully saturated rings. The fraction of sp³-hybridized carbons (Fsp3) is 0.250. The van der Waals surface area contributed by atoms with Crippen molar-refractivity contribution in [3.63, 3.8) is 0 Å². The highest BCUT2D eigenvalue weighted by atomic mass is 19.1. The quantitative estimate of drug-likeness (QED) is 0.720. The van der Waals surface area contributed by atoms with Crippen molar-refractivity contribution in [2.24, 2.45) is 5.73 Å². The number of hydrogen-bond acceptors (Lipinski definition) is 3. The van der Waals surface area contributed by atoms with Gasteiger partial charge in [-0.1, -0.05) is 24.3 Å². The van der Waals surface area contributed by atoms with Crippen LogP contribution in [0.2, 0.25) is 0 Å². The van der Waals surface area contributed by atoms with E-state index >= 15 is 0 Å². The molecule has 5 heteroatoms. The smallest absolute Gasteiger partial charge is 0.123 e. The van der Waals surface area contributed by atoms with E-state index in [1.54, 1.807) is 16.8 Å². The van der Waals surface area contributed by atoms with Gasteiger partial charge in [0.1, 0.15) is 5.82 Å².